The van der Waals surface area contributed by atoms with Gasteiger partial charge in [-0.3, -0.25) is 4.79 Å². The molecule has 0 aliphatic rings. The number of carbonyl (C=O) groups excluding carboxylic acids is 1. The summed E-state index contributed by atoms with van der Waals surface area (Å²) >= 11 is 0. The summed E-state index contributed by atoms with van der Waals surface area (Å²) in [5, 5.41) is 0. The molecule has 4 heteroatoms. The second kappa shape index (κ2) is 4.67. The number of nitrogens with two attached hydrogens (primary N) is 1. The van der Waals surface area contributed by atoms with E-state index in [4.69, 9.17) is 5.73 Å². The van der Waals surface area contributed by atoms with Crippen molar-refractivity contribution in [3.63, 3.8) is 0 Å². The zero-order chi connectivity index (χ0) is 12.4. The van der Waals surface area contributed by atoms with E-state index in [-0.39, 0.29) is 11.7 Å². The number of aryl methyl sites for hydroxylation is 1. The molecule has 4 nitrogen and oxygen atoms in total. The van der Waals surface area contributed by atoms with Gasteiger partial charge in [-0.25, -0.2) is 4.98 Å². The first-order valence-electron chi connectivity index (χ1n) is 5.76. The molecule has 2 rings (SSSR count). The largest absolute Gasteiger partial charge is 0.331 e. The van der Waals surface area contributed by atoms with Crippen molar-refractivity contribution < 1.29 is 4.79 Å². The summed E-state index contributed by atoms with van der Waals surface area (Å²) in [7, 11) is 1.94. The van der Waals surface area contributed by atoms with Gasteiger partial charge >= 0.3 is 0 Å². The van der Waals surface area contributed by atoms with Crippen LogP contribution < -0.4 is 5.73 Å². The standard InChI is InChI=1S/C13H17N3O/c1-9(8-14)12(17)7-13-15-10-5-3-4-6-11(10)16(13)2/h3-6,9H,7-8,14H2,1-2H3. The molecule has 2 N–H and O–H groups in total. The minimum absolute atomic E-state index is 0.102. The number of carbonyl (C=O) groups is 1. The highest BCUT2D eigenvalue weighted by atomic mass is 16.1. The van der Waals surface area contributed by atoms with Crippen molar-refractivity contribution in [2.75, 3.05) is 6.54 Å². The van der Waals surface area contributed by atoms with Crippen molar-refractivity contribution in [1.82, 2.24) is 9.55 Å². The van der Waals surface area contributed by atoms with E-state index in [1.165, 1.54) is 0 Å². The highest BCUT2D eigenvalue weighted by molar-refractivity contribution is 5.84. The number of fused-ring (bicyclic) bond motifs is 1. The topological polar surface area (TPSA) is 60.9 Å². The molecular weight excluding hydrogens is 214 g/mol. The number of hydrogen-bond donors (Lipinski definition) is 1. The molecule has 0 aliphatic heterocycles. The van der Waals surface area contributed by atoms with Crippen LogP contribution in [0.5, 0.6) is 0 Å². The number of Topliss-reactive ketones (excluding diaryl/α,β-unsaturated/α-hetero) is 1. The fourth-order valence-corrected chi connectivity index (χ4v) is 1.82. The van der Waals surface area contributed by atoms with Gasteiger partial charge in [0.15, 0.2) is 0 Å². The number of ketones is 1. The summed E-state index contributed by atoms with van der Waals surface area (Å²) in [5.41, 5.74) is 7.47. The smallest absolute Gasteiger partial charge is 0.144 e. The quantitative estimate of drug-likeness (QED) is 0.862. The Morgan fingerprint density at radius 2 is 2.18 bits per heavy atom. The molecule has 0 saturated carbocycles. The molecule has 1 atom stereocenters. The van der Waals surface area contributed by atoms with E-state index in [0.717, 1.165) is 16.9 Å². The third kappa shape index (κ3) is 2.22. The predicted octanol–water partition coefficient (Wildman–Crippen LogP) is 1.28. The van der Waals surface area contributed by atoms with Crippen molar-refractivity contribution in [3.8, 4) is 0 Å². The monoisotopic (exact) mass is 231 g/mol. The molecule has 1 unspecified atom stereocenters. The van der Waals surface area contributed by atoms with Crippen molar-refractivity contribution in [1.29, 1.82) is 0 Å². The SMILES string of the molecule is CC(CN)C(=O)Cc1nc2ccccc2n1C. The number of aromatic nitrogens is 2. The molecule has 2 aromatic rings. The molecule has 1 aromatic heterocycles. The Morgan fingerprint density at radius 3 is 2.82 bits per heavy atom. The van der Waals surface area contributed by atoms with E-state index >= 15 is 0 Å². The third-order valence-corrected chi connectivity index (χ3v) is 3.12. The molecular formula is C13H17N3O. The first-order valence-corrected chi connectivity index (χ1v) is 5.76. The van der Waals surface area contributed by atoms with Crippen LogP contribution in [0.25, 0.3) is 11.0 Å². The maximum atomic E-state index is 11.8. The molecule has 90 valence electrons. The zero-order valence-electron chi connectivity index (χ0n) is 10.2. The van der Waals surface area contributed by atoms with E-state index in [2.05, 4.69) is 4.98 Å². The Balaban J connectivity index is 2.30. The van der Waals surface area contributed by atoms with Gasteiger partial charge in [-0.05, 0) is 12.1 Å². The van der Waals surface area contributed by atoms with E-state index in [0.29, 0.717) is 13.0 Å². The molecule has 0 fully saturated rings. The average molecular weight is 231 g/mol. The van der Waals surface area contributed by atoms with Gasteiger partial charge < -0.3 is 10.3 Å². The van der Waals surface area contributed by atoms with E-state index in [1.54, 1.807) is 0 Å². The Labute approximate surface area is 100 Å². The van der Waals surface area contributed by atoms with Crippen LogP contribution in [0.4, 0.5) is 0 Å². The van der Waals surface area contributed by atoms with Crippen LogP contribution in [0.15, 0.2) is 24.3 Å². The lowest BCUT2D eigenvalue weighted by atomic mass is 10.0. The summed E-state index contributed by atoms with van der Waals surface area (Å²) in [5.74, 6) is 0.845. The lowest BCUT2D eigenvalue weighted by Gasteiger charge is -2.07. The van der Waals surface area contributed by atoms with Crippen LogP contribution in [0.3, 0.4) is 0 Å². The second-order valence-electron chi connectivity index (χ2n) is 4.36. The number of benzene rings is 1. The number of hydrogen-bond acceptors (Lipinski definition) is 3. The van der Waals surface area contributed by atoms with Crippen LogP contribution in [0.2, 0.25) is 0 Å². The maximum absolute atomic E-state index is 11.8. The van der Waals surface area contributed by atoms with Gasteiger partial charge in [0, 0.05) is 19.5 Å². The Kier molecular flexibility index (Phi) is 3.24. The van der Waals surface area contributed by atoms with Gasteiger partial charge in [-0.15, -0.1) is 0 Å². The molecule has 0 amide bonds. The molecule has 1 heterocycles. The van der Waals surface area contributed by atoms with Crippen molar-refractivity contribution in [3.05, 3.63) is 30.1 Å². The van der Waals surface area contributed by atoms with Crippen molar-refractivity contribution in [2.45, 2.75) is 13.3 Å². The van der Waals surface area contributed by atoms with E-state index in [9.17, 15) is 4.79 Å². The van der Waals surface area contributed by atoms with Gasteiger partial charge in [0.2, 0.25) is 0 Å². The number of rotatable bonds is 4. The lowest BCUT2D eigenvalue weighted by Crippen LogP contribution is -2.23. The molecule has 0 radical (unpaired) electrons. The minimum atomic E-state index is -0.102. The summed E-state index contributed by atoms with van der Waals surface area (Å²) in [6.45, 7) is 2.24. The summed E-state index contributed by atoms with van der Waals surface area (Å²) in [6, 6.07) is 7.87. The summed E-state index contributed by atoms with van der Waals surface area (Å²) in [4.78, 5) is 16.3. The Bertz CT molecular complexity index is 545. The predicted molar refractivity (Wildman–Crippen MR) is 67.6 cm³/mol. The fourth-order valence-electron chi connectivity index (χ4n) is 1.82. The van der Waals surface area contributed by atoms with Crippen LogP contribution in [-0.4, -0.2) is 21.9 Å². The lowest BCUT2D eigenvalue weighted by molar-refractivity contribution is -0.121. The first kappa shape index (κ1) is 11.8. The second-order valence-corrected chi connectivity index (χ2v) is 4.36. The highest BCUT2D eigenvalue weighted by Gasteiger charge is 2.15. The van der Waals surface area contributed by atoms with Crippen molar-refractivity contribution >= 4 is 16.8 Å². The van der Waals surface area contributed by atoms with Crippen LogP contribution >= 0.6 is 0 Å². The van der Waals surface area contributed by atoms with Crippen LogP contribution in [-0.2, 0) is 18.3 Å². The van der Waals surface area contributed by atoms with Crippen LogP contribution in [0, 0.1) is 5.92 Å². The average Bonchev–Trinajstić information content (AvgIpc) is 2.66. The van der Waals surface area contributed by atoms with E-state index in [1.807, 2.05) is 42.8 Å². The summed E-state index contributed by atoms with van der Waals surface area (Å²) < 4.78 is 1.97. The summed E-state index contributed by atoms with van der Waals surface area (Å²) in [6.07, 6.45) is 0.351. The third-order valence-electron chi connectivity index (χ3n) is 3.12. The van der Waals surface area contributed by atoms with Gasteiger partial charge in [-0.1, -0.05) is 19.1 Å². The molecule has 1 aromatic carbocycles. The highest BCUT2D eigenvalue weighted by Crippen LogP contribution is 2.15. The molecule has 0 spiro atoms. The molecule has 0 saturated heterocycles. The Morgan fingerprint density at radius 1 is 1.47 bits per heavy atom. The van der Waals surface area contributed by atoms with Gasteiger partial charge in [-0.2, -0.15) is 0 Å². The normalized spacial score (nSPS) is 12.9. The maximum Gasteiger partial charge on any atom is 0.144 e. The van der Waals surface area contributed by atoms with Crippen molar-refractivity contribution in [2.24, 2.45) is 18.7 Å². The number of imidazole rings is 1. The molecule has 0 aliphatic carbocycles. The Hall–Kier alpha value is -1.68. The van der Waals surface area contributed by atoms with Gasteiger partial charge in [0.05, 0.1) is 17.5 Å². The number of para-hydroxylation sites is 2. The number of nitrogens with zero attached hydrogens (tertiary/aromatic N) is 2. The van der Waals surface area contributed by atoms with Gasteiger partial charge in [0.25, 0.3) is 0 Å². The fraction of sp³-hybridized carbons (Fsp3) is 0.385. The van der Waals surface area contributed by atoms with E-state index < -0.39 is 0 Å². The van der Waals surface area contributed by atoms with Crippen LogP contribution in [0.1, 0.15) is 12.7 Å². The minimum Gasteiger partial charge on any atom is -0.331 e. The molecule has 17 heavy (non-hydrogen) atoms. The zero-order valence-corrected chi connectivity index (χ0v) is 10.2. The first-order chi connectivity index (χ1) is 8.13. The molecule has 0 bridgehead atoms. The van der Waals surface area contributed by atoms with Gasteiger partial charge in [0.1, 0.15) is 11.6 Å².